The molecule has 0 aliphatic heterocycles. The van der Waals surface area contributed by atoms with Crippen LogP contribution in [0, 0.1) is 0 Å². The Morgan fingerprint density at radius 1 is 0.650 bits per heavy atom. The SMILES string of the molecule is C(=Cc1ccccc1)c1ccccc1.CCO.CCO. The lowest BCUT2D eigenvalue weighted by molar-refractivity contribution is 0.318. The molecular weight excluding hydrogens is 248 g/mol. The normalized spacial score (nSPS) is 9.20. The summed E-state index contributed by atoms with van der Waals surface area (Å²) in [5, 5.41) is 15.1. The zero-order valence-electron chi connectivity index (χ0n) is 12.2. The molecule has 0 aliphatic carbocycles. The second-order valence-electron chi connectivity index (χ2n) is 3.79. The van der Waals surface area contributed by atoms with Crippen molar-refractivity contribution in [3.8, 4) is 0 Å². The Labute approximate surface area is 122 Å². The topological polar surface area (TPSA) is 40.5 Å². The molecule has 2 rings (SSSR count). The molecule has 2 heteroatoms. The summed E-state index contributed by atoms with van der Waals surface area (Å²) in [5.74, 6) is 0. The predicted octanol–water partition coefficient (Wildman–Crippen LogP) is 3.85. The molecule has 0 atom stereocenters. The van der Waals surface area contributed by atoms with Crippen LogP contribution in [0.5, 0.6) is 0 Å². The maximum Gasteiger partial charge on any atom is 0.0402 e. The maximum absolute atomic E-state index is 7.57. The highest BCUT2D eigenvalue weighted by Crippen LogP contribution is 2.06. The van der Waals surface area contributed by atoms with E-state index >= 15 is 0 Å². The molecule has 0 amide bonds. The molecule has 20 heavy (non-hydrogen) atoms. The van der Waals surface area contributed by atoms with Crippen LogP contribution in [0.4, 0.5) is 0 Å². The second kappa shape index (κ2) is 13.5. The average Bonchev–Trinajstić information content (AvgIpc) is 2.49. The van der Waals surface area contributed by atoms with E-state index in [-0.39, 0.29) is 13.2 Å². The van der Waals surface area contributed by atoms with Crippen LogP contribution in [0.15, 0.2) is 60.7 Å². The zero-order chi connectivity index (χ0) is 15.1. The molecule has 0 spiro atoms. The van der Waals surface area contributed by atoms with Gasteiger partial charge in [0, 0.05) is 13.2 Å². The molecule has 0 radical (unpaired) electrons. The van der Waals surface area contributed by atoms with Gasteiger partial charge in [0.2, 0.25) is 0 Å². The van der Waals surface area contributed by atoms with Crippen LogP contribution in [0.25, 0.3) is 12.2 Å². The molecular formula is C18H24O2. The van der Waals surface area contributed by atoms with Gasteiger partial charge < -0.3 is 10.2 Å². The highest BCUT2D eigenvalue weighted by Gasteiger charge is 1.84. The molecule has 108 valence electrons. The van der Waals surface area contributed by atoms with Crippen molar-refractivity contribution in [2.45, 2.75) is 13.8 Å². The van der Waals surface area contributed by atoms with Crippen molar-refractivity contribution in [3.63, 3.8) is 0 Å². The molecule has 2 N–H and O–H groups in total. The van der Waals surface area contributed by atoms with Crippen molar-refractivity contribution in [1.82, 2.24) is 0 Å². The highest BCUT2D eigenvalue weighted by molar-refractivity contribution is 5.69. The average molecular weight is 272 g/mol. The Bertz CT molecular complexity index is 392. The summed E-state index contributed by atoms with van der Waals surface area (Å²) >= 11 is 0. The van der Waals surface area contributed by atoms with Crippen LogP contribution in [0.1, 0.15) is 25.0 Å². The van der Waals surface area contributed by atoms with Gasteiger partial charge in [-0.05, 0) is 25.0 Å². The van der Waals surface area contributed by atoms with Gasteiger partial charge in [-0.3, -0.25) is 0 Å². The molecule has 0 aliphatic rings. The molecule has 2 aromatic rings. The lowest BCUT2D eigenvalue weighted by Gasteiger charge is -1.92. The van der Waals surface area contributed by atoms with E-state index in [2.05, 4.69) is 36.4 Å². The molecule has 2 nitrogen and oxygen atoms in total. The van der Waals surface area contributed by atoms with Crippen molar-refractivity contribution in [3.05, 3.63) is 71.8 Å². The first-order valence-corrected chi connectivity index (χ1v) is 6.78. The summed E-state index contributed by atoms with van der Waals surface area (Å²) < 4.78 is 0. The van der Waals surface area contributed by atoms with Crippen molar-refractivity contribution >= 4 is 12.2 Å². The lowest BCUT2D eigenvalue weighted by atomic mass is 10.1. The summed E-state index contributed by atoms with van der Waals surface area (Å²) in [6.45, 7) is 3.86. The van der Waals surface area contributed by atoms with Gasteiger partial charge in [0.25, 0.3) is 0 Å². The van der Waals surface area contributed by atoms with Gasteiger partial charge in [-0.15, -0.1) is 0 Å². The van der Waals surface area contributed by atoms with Crippen LogP contribution in [-0.2, 0) is 0 Å². The maximum atomic E-state index is 7.57. The minimum absolute atomic E-state index is 0.250. The van der Waals surface area contributed by atoms with Gasteiger partial charge in [0.15, 0.2) is 0 Å². The van der Waals surface area contributed by atoms with E-state index in [1.54, 1.807) is 13.8 Å². The fraction of sp³-hybridized carbons (Fsp3) is 0.222. The molecule has 0 saturated heterocycles. The smallest absolute Gasteiger partial charge is 0.0402 e. The summed E-state index contributed by atoms with van der Waals surface area (Å²) in [5.41, 5.74) is 2.47. The zero-order valence-corrected chi connectivity index (χ0v) is 12.2. The number of aliphatic hydroxyl groups excluding tert-OH is 2. The van der Waals surface area contributed by atoms with Gasteiger partial charge in [-0.2, -0.15) is 0 Å². The van der Waals surface area contributed by atoms with Crippen LogP contribution in [0.2, 0.25) is 0 Å². The van der Waals surface area contributed by atoms with Crippen LogP contribution < -0.4 is 0 Å². The molecule has 0 aromatic heterocycles. The standard InChI is InChI=1S/C14H12.2C2H6O/c1-3-7-13(8-4-1)11-12-14-9-5-2-6-10-14;2*1-2-3/h1-12H;2*3H,2H2,1H3. The van der Waals surface area contributed by atoms with E-state index in [1.165, 1.54) is 11.1 Å². The van der Waals surface area contributed by atoms with Gasteiger partial charge >= 0.3 is 0 Å². The van der Waals surface area contributed by atoms with Crippen molar-refractivity contribution in [2.24, 2.45) is 0 Å². The monoisotopic (exact) mass is 272 g/mol. The number of hydrogen-bond donors (Lipinski definition) is 2. The first-order chi connectivity index (χ1) is 9.78. The molecule has 0 fully saturated rings. The molecule has 0 heterocycles. The van der Waals surface area contributed by atoms with Crippen LogP contribution >= 0.6 is 0 Å². The van der Waals surface area contributed by atoms with E-state index in [0.29, 0.717) is 0 Å². The Balaban J connectivity index is 0.000000520. The van der Waals surface area contributed by atoms with Crippen LogP contribution in [0.3, 0.4) is 0 Å². The summed E-state index contributed by atoms with van der Waals surface area (Å²) in [6, 6.07) is 20.6. The van der Waals surface area contributed by atoms with Crippen LogP contribution in [-0.4, -0.2) is 23.4 Å². The Morgan fingerprint density at radius 3 is 1.15 bits per heavy atom. The fourth-order valence-corrected chi connectivity index (χ4v) is 1.32. The fourth-order valence-electron chi connectivity index (χ4n) is 1.32. The molecule has 0 unspecified atom stereocenters. The number of aliphatic hydroxyl groups is 2. The van der Waals surface area contributed by atoms with E-state index in [0.717, 1.165) is 0 Å². The van der Waals surface area contributed by atoms with E-state index in [9.17, 15) is 0 Å². The summed E-state index contributed by atoms with van der Waals surface area (Å²) in [6.07, 6.45) is 4.24. The Morgan fingerprint density at radius 2 is 0.900 bits per heavy atom. The minimum atomic E-state index is 0.250. The summed E-state index contributed by atoms with van der Waals surface area (Å²) in [4.78, 5) is 0. The largest absolute Gasteiger partial charge is 0.397 e. The highest BCUT2D eigenvalue weighted by atomic mass is 16.3. The van der Waals surface area contributed by atoms with Crippen molar-refractivity contribution in [1.29, 1.82) is 0 Å². The van der Waals surface area contributed by atoms with E-state index < -0.39 is 0 Å². The third kappa shape index (κ3) is 10.1. The lowest BCUT2D eigenvalue weighted by Crippen LogP contribution is -1.70. The van der Waals surface area contributed by atoms with Gasteiger partial charge in [0.05, 0.1) is 0 Å². The van der Waals surface area contributed by atoms with Gasteiger partial charge in [-0.1, -0.05) is 72.8 Å². The molecule has 0 saturated carbocycles. The molecule has 2 aromatic carbocycles. The van der Waals surface area contributed by atoms with Gasteiger partial charge in [0.1, 0.15) is 0 Å². The van der Waals surface area contributed by atoms with E-state index in [4.69, 9.17) is 10.2 Å². The number of rotatable bonds is 2. The number of benzene rings is 2. The Kier molecular flexibility index (Phi) is 12.2. The van der Waals surface area contributed by atoms with Crippen molar-refractivity contribution in [2.75, 3.05) is 13.2 Å². The third-order valence-corrected chi connectivity index (χ3v) is 2.07. The van der Waals surface area contributed by atoms with Gasteiger partial charge in [-0.25, -0.2) is 0 Å². The van der Waals surface area contributed by atoms with E-state index in [1.807, 2.05) is 36.4 Å². The first kappa shape index (κ1) is 18.1. The number of hydrogen-bond acceptors (Lipinski definition) is 2. The Hall–Kier alpha value is -1.90. The summed E-state index contributed by atoms with van der Waals surface area (Å²) in [7, 11) is 0. The predicted molar refractivity (Wildman–Crippen MR) is 87.3 cm³/mol. The third-order valence-electron chi connectivity index (χ3n) is 2.07. The second-order valence-corrected chi connectivity index (χ2v) is 3.79. The minimum Gasteiger partial charge on any atom is -0.397 e. The quantitative estimate of drug-likeness (QED) is 0.815. The molecule has 0 bridgehead atoms. The first-order valence-electron chi connectivity index (χ1n) is 6.78. The van der Waals surface area contributed by atoms with Crippen molar-refractivity contribution < 1.29 is 10.2 Å².